The minimum Gasteiger partial charge on any atom is -0.495 e. The van der Waals surface area contributed by atoms with Crippen LogP contribution in [0.1, 0.15) is 28.6 Å². The van der Waals surface area contributed by atoms with Crippen LogP contribution in [0.25, 0.3) is 5.65 Å². The Labute approximate surface area is 85.7 Å². The lowest BCUT2D eigenvalue weighted by Crippen LogP contribution is -1.91. The van der Waals surface area contributed by atoms with Crippen molar-refractivity contribution in [1.82, 2.24) is 14.6 Å². The molecule has 4 nitrogen and oxygen atoms in total. The van der Waals surface area contributed by atoms with Gasteiger partial charge in [-0.3, -0.25) is 0 Å². The summed E-state index contributed by atoms with van der Waals surface area (Å²) in [6, 6.07) is 1.59. The van der Waals surface area contributed by atoms with E-state index in [2.05, 4.69) is 10.1 Å². The quantitative estimate of drug-likeness (QED) is 0.725. The molecule has 0 aliphatic heterocycles. The smallest absolute Gasteiger partial charge is 0.157 e. The molecule has 14 heavy (non-hydrogen) atoms. The molecule has 1 saturated carbocycles. The van der Waals surface area contributed by atoms with Crippen molar-refractivity contribution in [1.29, 1.82) is 0 Å². The zero-order chi connectivity index (χ0) is 12.0. The molecule has 0 bridgehead atoms. The summed E-state index contributed by atoms with van der Waals surface area (Å²) in [5, 5.41) is 4.08. The average molecular weight is 192 g/mol. The van der Waals surface area contributed by atoms with E-state index >= 15 is 0 Å². The molecule has 2 aromatic rings. The van der Waals surface area contributed by atoms with E-state index in [9.17, 15) is 0 Å². The van der Waals surface area contributed by atoms with Gasteiger partial charge in [0, 0.05) is 12.0 Å². The van der Waals surface area contributed by atoms with Gasteiger partial charge in [-0.25, -0.2) is 9.50 Å². The highest BCUT2D eigenvalue weighted by atomic mass is 16.5. The van der Waals surface area contributed by atoms with Crippen LogP contribution in [0, 0.1) is 0 Å². The van der Waals surface area contributed by atoms with Crippen molar-refractivity contribution in [3.8, 4) is 5.75 Å². The van der Waals surface area contributed by atoms with Gasteiger partial charge in [-0.2, -0.15) is 5.10 Å². The van der Waals surface area contributed by atoms with Gasteiger partial charge in [0.2, 0.25) is 0 Å². The SMILES string of the molecule is [2H]C([2H])([2H])Oc1cnn2cc(C3CC3)nc2c1. The molecule has 2 heterocycles. The average Bonchev–Trinajstić information content (AvgIpc) is 2.96. The van der Waals surface area contributed by atoms with E-state index in [1.807, 2.05) is 6.20 Å². The number of aromatic nitrogens is 3. The van der Waals surface area contributed by atoms with E-state index in [1.54, 1.807) is 10.6 Å². The largest absolute Gasteiger partial charge is 0.495 e. The van der Waals surface area contributed by atoms with E-state index in [0.29, 0.717) is 11.6 Å². The molecular formula is C10H11N3O. The van der Waals surface area contributed by atoms with Gasteiger partial charge < -0.3 is 4.74 Å². The maximum absolute atomic E-state index is 7.02. The van der Waals surface area contributed by atoms with E-state index in [4.69, 9.17) is 8.85 Å². The Morgan fingerprint density at radius 3 is 3.36 bits per heavy atom. The summed E-state index contributed by atoms with van der Waals surface area (Å²) in [4.78, 5) is 4.40. The van der Waals surface area contributed by atoms with Crippen LogP contribution in [0.2, 0.25) is 0 Å². The van der Waals surface area contributed by atoms with Crippen molar-refractivity contribution in [3.63, 3.8) is 0 Å². The van der Waals surface area contributed by atoms with Crippen molar-refractivity contribution in [2.45, 2.75) is 18.8 Å². The number of methoxy groups -OCH3 is 1. The van der Waals surface area contributed by atoms with Gasteiger partial charge in [-0.05, 0) is 12.8 Å². The number of nitrogens with zero attached hydrogens (tertiary/aromatic N) is 3. The van der Waals surface area contributed by atoms with Crippen LogP contribution in [0.15, 0.2) is 18.5 Å². The third-order valence-corrected chi connectivity index (χ3v) is 2.43. The van der Waals surface area contributed by atoms with Crippen LogP contribution in [-0.4, -0.2) is 21.6 Å². The van der Waals surface area contributed by atoms with Crippen molar-refractivity contribution in [2.75, 3.05) is 7.04 Å². The molecule has 4 heteroatoms. The fraction of sp³-hybridized carbons (Fsp3) is 0.400. The fourth-order valence-corrected chi connectivity index (χ4v) is 1.51. The fourth-order valence-electron chi connectivity index (χ4n) is 1.51. The van der Waals surface area contributed by atoms with E-state index in [1.165, 1.54) is 19.0 Å². The van der Waals surface area contributed by atoms with Crippen molar-refractivity contribution < 1.29 is 8.85 Å². The van der Waals surface area contributed by atoms with Gasteiger partial charge >= 0.3 is 0 Å². The minimum atomic E-state index is -2.45. The van der Waals surface area contributed by atoms with Crippen LogP contribution < -0.4 is 4.74 Å². The van der Waals surface area contributed by atoms with Gasteiger partial charge in [-0.1, -0.05) is 0 Å². The topological polar surface area (TPSA) is 39.4 Å². The number of rotatable bonds is 2. The van der Waals surface area contributed by atoms with Crippen LogP contribution in [0.4, 0.5) is 0 Å². The Bertz CT molecular complexity index is 559. The van der Waals surface area contributed by atoms with Gasteiger partial charge in [0.05, 0.1) is 29.2 Å². The summed E-state index contributed by atoms with van der Waals surface area (Å²) >= 11 is 0. The first-order valence-corrected chi connectivity index (χ1v) is 4.56. The predicted molar refractivity (Wildman–Crippen MR) is 51.5 cm³/mol. The number of hydrogen-bond donors (Lipinski definition) is 0. The summed E-state index contributed by atoms with van der Waals surface area (Å²) in [5.74, 6) is 0.758. The summed E-state index contributed by atoms with van der Waals surface area (Å²) in [5.41, 5.74) is 1.64. The first kappa shape index (κ1) is 5.34. The highest BCUT2D eigenvalue weighted by Crippen LogP contribution is 2.39. The molecule has 0 spiro atoms. The molecular weight excluding hydrogens is 178 g/mol. The first-order chi connectivity index (χ1) is 8.01. The first-order valence-electron chi connectivity index (χ1n) is 6.06. The second-order valence-corrected chi connectivity index (χ2v) is 3.54. The second kappa shape index (κ2) is 2.70. The summed E-state index contributed by atoms with van der Waals surface area (Å²) < 4.78 is 27.5. The molecule has 3 rings (SSSR count). The number of imidazole rings is 1. The molecule has 0 saturated heterocycles. The lowest BCUT2D eigenvalue weighted by molar-refractivity contribution is 0.411. The van der Waals surface area contributed by atoms with Crippen LogP contribution in [0.3, 0.4) is 0 Å². The maximum atomic E-state index is 7.02. The van der Waals surface area contributed by atoms with Crippen molar-refractivity contribution in [2.24, 2.45) is 0 Å². The third kappa shape index (κ3) is 1.14. The zero-order valence-electron chi connectivity index (χ0n) is 10.5. The van der Waals surface area contributed by atoms with Gasteiger partial charge in [-0.15, -0.1) is 0 Å². The van der Waals surface area contributed by atoms with E-state index in [-0.39, 0.29) is 5.75 Å². The highest BCUT2D eigenvalue weighted by molar-refractivity contribution is 5.44. The molecule has 72 valence electrons. The summed E-state index contributed by atoms with van der Waals surface area (Å²) in [6.07, 6.45) is 5.61. The Morgan fingerprint density at radius 1 is 1.64 bits per heavy atom. The summed E-state index contributed by atoms with van der Waals surface area (Å²) in [6.45, 7) is 0. The Morgan fingerprint density at radius 2 is 2.57 bits per heavy atom. The van der Waals surface area contributed by atoms with Crippen LogP contribution in [0.5, 0.6) is 5.75 Å². The lowest BCUT2D eigenvalue weighted by Gasteiger charge is -1.97. The van der Waals surface area contributed by atoms with Gasteiger partial charge in [0.15, 0.2) is 5.65 Å². The molecule has 1 aliphatic carbocycles. The van der Waals surface area contributed by atoms with Crippen LogP contribution >= 0.6 is 0 Å². The van der Waals surface area contributed by atoms with Gasteiger partial charge in [0.25, 0.3) is 0 Å². The molecule has 0 N–H and O–H groups in total. The molecule has 1 fully saturated rings. The highest BCUT2D eigenvalue weighted by Gasteiger charge is 2.26. The zero-order valence-corrected chi connectivity index (χ0v) is 7.47. The number of fused-ring (bicyclic) bond motifs is 1. The molecule has 0 radical (unpaired) electrons. The number of hydrogen-bond acceptors (Lipinski definition) is 3. The predicted octanol–water partition coefficient (Wildman–Crippen LogP) is 1.62. The van der Waals surface area contributed by atoms with Crippen LogP contribution in [-0.2, 0) is 0 Å². The number of ether oxygens (including phenoxy) is 1. The lowest BCUT2D eigenvalue weighted by atomic mass is 10.3. The standard InChI is InChI=1S/C10H11N3O/c1-14-8-4-10-12-9(7-2-3-7)6-13(10)11-5-8/h4-7H,2-3H2,1H3/i1D3. The van der Waals surface area contributed by atoms with Crippen molar-refractivity contribution >= 4 is 5.65 Å². The molecule has 0 aromatic carbocycles. The summed E-state index contributed by atoms with van der Waals surface area (Å²) in [7, 11) is -2.45. The monoisotopic (exact) mass is 192 g/mol. The van der Waals surface area contributed by atoms with E-state index < -0.39 is 7.04 Å². The Kier molecular flexibility index (Phi) is 1.03. The Balaban J connectivity index is 1.94. The maximum Gasteiger partial charge on any atom is 0.157 e. The molecule has 0 unspecified atom stereocenters. The second-order valence-electron chi connectivity index (χ2n) is 3.54. The molecule has 0 amide bonds. The third-order valence-electron chi connectivity index (χ3n) is 2.43. The Hall–Kier alpha value is -1.58. The van der Waals surface area contributed by atoms with Crippen molar-refractivity contribution in [3.05, 3.63) is 24.2 Å². The molecule has 0 atom stereocenters. The normalized spacial score (nSPS) is 20.1. The van der Waals surface area contributed by atoms with Gasteiger partial charge in [0.1, 0.15) is 5.75 Å². The minimum absolute atomic E-state index is 0.213. The molecule has 1 aliphatic rings. The van der Waals surface area contributed by atoms with E-state index in [0.717, 1.165) is 5.69 Å². The molecule has 2 aromatic heterocycles.